The van der Waals surface area contributed by atoms with Crippen molar-refractivity contribution in [2.24, 2.45) is 5.41 Å². The topological polar surface area (TPSA) is 75.1 Å². The van der Waals surface area contributed by atoms with Gasteiger partial charge in [-0.25, -0.2) is 9.97 Å². The number of rotatable bonds is 5. The standard InChI is InChI=1S/C13H21N3O2/c1-9-5-11(16-8-15-9)12(18)14-7-13(3,4)6-10(2)17/h5,8,10,17H,6-7H2,1-4H3,(H,14,18). The van der Waals surface area contributed by atoms with E-state index in [1.165, 1.54) is 6.33 Å². The van der Waals surface area contributed by atoms with E-state index >= 15 is 0 Å². The van der Waals surface area contributed by atoms with E-state index in [2.05, 4.69) is 15.3 Å². The lowest BCUT2D eigenvalue weighted by atomic mass is 9.87. The third-order valence-electron chi connectivity index (χ3n) is 2.61. The molecule has 1 unspecified atom stereocenters. The monoisotopic (exact) mass is 251 g/mol. The summed E-state index contributed by atoms with van der Waals surface area (Å²) < 4.78 is 0. The Balaban J connectivity index is 2.56. The second kappa shape index (κ2) is 5.91. The Morgan fingerprint density at radius 2 is 2.17 bits per heavy atom. The maximum absolute atomic E-state index is 11.9. The summed E-state index contributed by atoms with van der Waals surface area (Å²) in [4.78, 5) is 19.7. The van der Waals surface area contributed by atoms with Crippen LogP contribution in [0.15, 0.2) is 12.4 Å². The largest absolute Gasteiger partial charge is 0.393 e. The van der Waals surface area contributed by atoms with Crippen LogP contribution < -0.4 is 5.32 Å². The van der Waals surface area contributed by atoms with Crippen LogP contribution in [0.4, 0.5) is 0 Å². The number of hydrogen-bond donors (Lipinski definition) is 2. The quantitative estimate of drug-likeness (QED) is 0.827. The van der Waals surface area contributed by atoms with Crippen LogP contribution in [0, 0.1) is 12.3 Å². The van der Waals surface area contributed by atoms with Gasteiger partial charge in [-0.15, -0.1) is 0 Å². The van der Waals surface area contributed by atoms with Gasteiger partial charge >= 0.3 is 0 Å². The molecule has 5 heteroatoms. The lowest BCUT2D eigenvalue weighted by Crippen LogP contribution is -2.36. The number of aromatic nitrogens is 2. The number of amides is 1. The van der Waals surface area contributed by atoms with Gasteiger partial charge in [-0.05, 0) is 31.7 Å². The zero-order chi connectivity index (χ0) is 13.8. The van der Waals surface area contributed by atoms with E-state index < -0.39 is 0 Å². The molecule has 100 valence electrons. The predicted molar refractivity (Wildman–Crippen MR) is 69.2 cm³/mol. The zero-order valence-corrected chi connectivity index (χ0v) is 11.4. The van der Waals surface area contributed by atoms with Gasteiger partial charge in [0.25, 0.3) is 5.91 Å². The highest BCUT2D eigenvalue weighted by Crippen LogP contribution is 2.21. The molecule has 1 rings (SSSR count). The van der Waals surface area contributed by atoms with Crippen molar-refractivity contribution in [3.8, 4) is 0 Å². The molecule has 0 saturated heterocycles. The summed E-state index contributed by atoms with van der Waals surface area (Å²) >= 11 is 0. The Morgan fingerprint density at radius 3 is 2.72 bits per heavy atom. The zero-order valence-electron chi connectivity index (χ0n) is 11.4. The molecule has 1 aromatic rings. The van der Waals surface area contributed by atoms with E-state index in [0.29, 0.717) is 18.7 Å². The molecule has 0 aromatic carbocycles. The van der Waals surface area contributed by atoms with Crippen LogP contribution in [0.2, 0.25) is 0 Å². The Morgan fingerprint density at radius 1 is 1.50 bits per heavy atom. The normalized spacial score (nSPS) is 13.2. The van der Waals surface area contributed by atoms with Crippen LogP contribution in [0.25, 0.3) is 0 Å². The highest BCUT2D eigenvalue weighted by atomic mass is 16.3. The molecule has 0 radical (unpaired) electrons. The molecule has 0 aliphatic carbocycles. The molecule has 1 aromatic heterocycles. The van der Waals surface area contributed by atoms with E-state index in [1.807, 2.05) is 20.8 Å². The van der Waals surface area contributed by atoms with E-state index in [-0.39, 0.29) is 17.4 Å². The van der Waals surface area contributed by atoms with Gasteiger partial charge in [0.05, 0.1) is 6.10 Å². The molecule has 0 saturated carbocycles. The summed E-state index contributed by atoms with van der Waals surface area (Å²) in [5.74, 6) is -0.209. The highest BCUT2D eigenvalue weighted by Gasteiger charge is 2.21. The second-order valence-electron chi connectivity index (χ2n) is 5.44. The highest BCUT2D eigenvalue weighted by molar-refractivity contribution is 5.92. The summed E-state index contributed by atoms with van der Waals surface area (Å²) in [6.45, 7) is 8.07. The van der Waals surface area contributed by atoms with E-state index in [4.69, 9.17) is 0 Å². The molecule has 1 atom stereocenters. The maximum atomic E-state index is 11.9. The van der Waals surface area contributed by atoms with Crippen LogP contribution in [0.1, 0.15) is 43.4 Å². The van der Waals surface area contributed by atoms with Crippen molar-refractivity contribution in [1.82, 2.24) is 15.3 Å². The first-order valence-corrected chi connectivity index (χ1v) is 6.05. The molecule has 0 spiro atoms. The minimum Gasteiger partial charge on any atom is -0.393 e. The summed E-state index contributed by atoms with van der Waals surface area (Å²) in [5.41, 5.74) is 0.986. The van der Waals surface area contributed by atoms with Gasteiger partial charge in [-0.2, -0.15) is 0 Å². The summed E-state index contributed by atoms with van der Waals surface area (Å²) in [6, 6.07) is 1.65. The molecule has 2 N–H and O–H groups in total. The van der Waals surface area contributed by atoms with Crippen LogP contribution in [0.3, 0.4) is 0 Å². The Hall–Kier alpha value is -1.49. The minimum absolute atomic E-state index is 0.147. The molecular weight excluding hydrogens is 230 g/mol. The fraction of sp³-hybridized carbons (Fsp3) is 0.615. The predicted octanol–water partition coefficient (Wildman–Crippen LogP) is 1.31. The van der Waals surface area contributed by atoms with Crippen molar-refractivity contribution in [3.05, 3.63) is 23.8 Å². The minimum atomic E-state index is -0.377. The van der Waals surface area contributed by atoms with Gasteiger partial charge in [0.15, 0.2) is 0 Å². The number of aliphatic hydroxyl groups excluding tert-OH is 1. The van der Waals surface area contributed by atoms with Gasteiger partial charge in [-0.3, -0.25) is 4.79 Å². The average Bonchev–Trinajstić information content (AvgIpc) is 2.24. The van der Waals surface area contributed by atoms with Crippen molar-refractivity contribution in [3.63, 3.8) is 0 Å². The van der Waals surface area contributed by atoms with Crippen molar-refractivity contribution in [2.75, 3.05) is 6.54 Å². The van der Waals surface area contributed by atoms with E-state index in [0.717, 1.165) is 5.69 Å². The SMILES string of the molecule is Cc1cc(C(=O)NCC(C)(C)CC(C)O)ncn1. The van der Waals surface area contributed by atoms with Crippen molar-refractivity contribution in [2.45, 2.75) is 40.2 Å². The molecule has 5 nitrogen and oxygen atoms in total. The van der Waals surface area contributed by atoms with Crippen molar-refractivity contribution >= 4 is 5.91 Å². The van der Waals surface area contributed by atoms with Crippen LogP contribution >= 0.6 is 0 Å². The third kappa shape index (κ3) is 4.79. The van der Waals surface area contributed by atoms with E-state index in [1.54, 1.807) is 13.0 Å². The first-order valence-electron chi connectivity index (χ1n) is 6.05. The van der Waals surface area contributed by atoms with Gasteiger partial charge < -0.3 is 10.4 Å². The van der Waals surface area contributed by atoms with Crippen LogP contribution in [0.5, 0.6) is 0 Å². The molecular formula is C13H21N3O2. The number of aryl methyl sites for hydroxylation is 1. The fourth-order valence-corrected chi connectivity index (χ4v) is 1.86. The number of carbonyl (C=O) groups excluding carboxylic acids is 1. The van der Waals surface area contributed by atoms with Gasteiger partial charge in [0, 0.05) is 12.2 Å². The first kappa shape index (κ1) is 14.6. The number of hydrogen-bond acceptors (Lipinski definition) is 4. The van der Waals surface area contributed by atoms with Crippen molar-refractivity contribution < 1.29 is 9.90 Å². The smallest absolute Gasteiger partial charge is 0.270 e. The number of nitrogens with one attached hydrogen (secondary N) is 1. The molecule has 18 heavy (non-hydrogen) atoms. The summed E-state index contributed by atoms with van der Waals surface area (Å²) in [5, 5.41) is 12.2. The van der Waals surface area contributed by atoms with E-state index in [9.17, 15) is 9.90 Å². The molecule has 0 bridgehead atoms. The Labute approximate surface area is 108 Å². The molecule has 0 aliphatic rings. The fourth-order valence-electron chi connectivity index (χ4n) is 1.86. The van der Waals surface area contributed by atoms with Crippen LogP contribution in [-0.4, -0.2) is 33.6 Å². The molecule has 0 aliphatic heterocycles. The number of carbonyl (C=O) groups is 1. The number of nitrogens with zero attached hydrogens (tertiary/aromatic N) is 2. The van der Waals surface area contributed by atoms with Gasteiger partial charge in [0.1, 0.15) is 12.0 Å². The summed E-state index contributed by atoms with van der Waals surface area (Å²) in [6.07, 6.45) is 1.64. The lowest BCUT2D eigenvalue weighted by Gasteiger charge is -2.26. The molecule has 0 fully saturated rings. The van der Waals surface area contributed by atoms with Crippen LogP contribution in [-0.2, 0) is 0 Å². The molecule has 1 amide bonds. The number of aliphatic hydroxyl groups is 1. The Bertz CT molecular complexity index is 416. The van der Waals surface area contributed by atoms with Gasteiger partial charge in [0.2, 0.25) is 0 Å². The summed E-state index contributed by atoms with van der Waals surface area (Å²) in [7, 11) is 0. The Kier molecular flexibility index (Phi) is 4.78. The maximum Gasteiger partial charge on any atom is 0.270 e. The molecule has 1 heterocycles. The van der Waals surface area contributed by atoms with Crippen molar-refractivity contribution in [1.29, 1.82) is 0 Å². The lowest BCUT2D eigenvalue weighted by molar-refractivity contribution is 0.0897. The average molecular weight is 251 g/mol. The van der Waals surface area contributed by atoms with Gasteiger partial charge in [-0.1, -0.05) is 13.8 Å². The first-order chi connectivity index (χ1) is 8.30. The second-order valence-corrected chi connectivity index (χ2v) is 5.44. The third-order valence-corrected chi connectivity index (χ3v) is 2.61.